The molecule has 1 heterocycles. The summed E-state index contributed by atoms with van der Waals surface area (Å²) in [5, 5.41) is 14.8. The van der Waals surface area contributed by atoms with Crippen LogP contribution in [0.15, 0.2) is 28.8 Å². The van der Waals surface area contributed by atoms with Crippen molar-refractivity contribution in [3.8, 4) is 11.4 Å². The highest BCUT2D eigenvalue weighted by Gasteiger charge is 2.38. The van der Waals surface area contributed by atoms with Gasteiger partial charge in [0, 0.05) is 17.7 Å². The van der Waals surface area contributed by atoms with Crippen molar-refractivity contribution < 1.29 is 32.4 Å². The molecule has 2 aromatic rings. The number of hydrogen-bond donors (Lipinski definition) is 2. The van der Waals surface area contributed by atoms with E-state index in [0.29, 0.717) is 12.8 Å². The van der Waals surface area contributed by atoms with E-state index in [1.807, 2.05) is 6.92 Å². The third kappa shape index (κ3) is 4.80. The maximum absolute atomic E-state index is 12.5. The van der Waals surface area contributed by atoms with Crippen LogP contribution in [-0.2, 0) is 11.0 Å². The number of alkyl halides is 3. The van der Waals surface area contributed by atoms with Gasteiger partial charge in [-0.25, -0.2) is 0 Å². The molecule has 26 heavy (non-hydrogen) atoms. The van der Waals surface area contributed by atoms with Gasteiger partial charge in [0.1, 0.15) is 0 Å². The first kappa shape index (κ1) is 19.4. The third-order valence-corrected chi connectivity index (χ3v) is 3.57. The molecule has 7 nitrogen and oxygen atoms in total. The molecule has 1 amide bonds. The molecule has 0 fully saturated rings. The molecule has 0 aliphatic rings. The molecule has 2 rings (SSSR count). The average molecular weight is 371 g/mol. The molecule has 1 aromatic carbocycles. The minimum absolute atomic E-state index is 0.0104. The molecular weight excluding hydrogens is 355 g/mol. The van der Waals surface area contributed by atoms with Crippen molar-refractivity contribution in [2.24, 2.45) is 5.92 Å². The second kappa shape index (κ2) is 7.98. The van der Waals surface area contributed by atoms with Crippen molar-refractivity contribution in [1.82, 2.24) is 15.5 Å². The second-order valence-corrected chi connectivity index (χ2v) is 5.53. The van der Waals surface area contributed by atoms with Crippen LogP contribution < -0.4 is 5.32 Å². The highest BCUT2D eigenvalue weighted by molar-refractivity contribution is 5.94. The van der Waals surface area contributed by atoms with E-state index in [1.54, 1.807) is 0 Å². The van der Waals surface area contributed by atoms with Crippen molar-refractivity contribution in [2.75, 3.05) is 6.54 Å². The van der Waals surface area contributed by atoms with Crippen LogP contribution in [0.3, 0.4) is 0 Å². The minimum Gasteiger partial charge on any atom is -0.481 e. The maximum atomic E-state index is 12.5. The molecule has 1 unspecified atom stereocenters. The van der Waals surface area contributed by atoms with Crippen LogP contribution in [0.4, 0.5) is 13.2 Å². The minimum atomic E-state index is -4.73. The van der Waals surface area contributed by atoms with Gasteiger partial charge in [-0.05, 0) is 18.6 Å². The van der Waals surface area contributed by atoms with Crippen molar-refractivity contribution in [3.63, 3.8) is 0 Å². The van der Waals surface area contributed by atoms with Crippen LogP contribution in [0.2, 0.25) is 0 Å². The number of carboxylic acids is 1. The van der Waals surface area contributed by atoms with E-state index in [-0.39, 0.29) is 23.5 Å². The van der Waals surface area contributed by atoms with E-state index in [4.69, 9.17) is 5.11 Å². The fourth-order valence-corrected chi connectivity index (χ4v) is 2.21. The van der Waals surface area contributed by atoms with E-state index in [1.165, 1.54) is 24.3 Å². The van der Waals surface area contributed by atoms with Crippen molar-refractivity contribution in [1.29, 1.82) is 0 Å². The monoisotopic (exact) mass is 371 g/mol. The van der Waals surface area contributed by atoms with E-state index >= 15 is 0 Å². The Morgan fingerprint density at radius 3 is 2.42 bits per heavy atom. The van der Waals surface area contributed by atoms with Gasteiger partial charge < -0.3 is 14.9 Å². The first-order valence-corrected chi connectivity index (χ1v) is 7.74. The summed E-state index contributed by atoms with van der Waals surface area (Å²) in [6.07, 6.45) is -3.62. The number of nitrogens with zero attached hydrogens (tertiary/aromatic N) is 2. The predicted octanol–water partition coefficient (Wildman–Crippen LogP) is 2.99. The standard InChI is InChI=1S/C16H16F3N3O4/c1-2-3-11(14(24)25)8-20-13(23)10-6-4-9(5-7-10)12-21-15(26-22-12)16(17,18)19/h4-7,11H,2-3,8H2,1H3,(H,20,23)(H,24,25). The Hall–Kier alpha value is -2.91. The summed E-state index contributed by atoms with van der Waals surface area (Å²) in [4.78, 5) is 26.4. The number of carbonyl (C=O) groups is 2. The number of hydrogen-bond acceptors (Lipinski definition) is 5. The van der Waals surface area contributed by atoms with Gasteiger partial charge in [0.2, 0.25) is 5.82 Å². The Morgan fingerprint density at radius 1 is 1.27 bits per heavy atom. The zero-order valence-corrected chi connectivity index (χ0v) is 13.7. The summed E-state index contributed by atoms with van der Waals surface area (Å²) in [5.41, 5.74) is 0.476. The lowest BCUT2D eigenvalue weighted by Crippen LogP contribution is -2.32. The van der Waals surface area contributed by atoms with Crippen LogP contribution in [-0.4, -0.2) is 33.7 Å². The number of carbonyl (C=O) groups excluding carboxylic acids is 1. The molecule has 140 valence electrons. The number of halogens is 3. The van der Waals surface area contributed by atoms with E-state index in [0.717, 1.165) is 0 Å². The molecule has 10 heteroatoms. The zero-order valence-electron chi connectivity index (χ0n) is 13.7. The van der Waals surface area contributed by atoms with Crippen LogP contribution in [0.1, 0.15) is 36.0 Å². The number of nitrogens with one attached hydrogen (secondary N) is 1. The molecule has 0 bridgehead atoms. The summed E-state index contributed by atoms with van der Waals surface area (Å²) in [6.45, 7) is 1.84. The Morgan fingerprint density at radius 2 is 1.92 bits per heavy atom. The maximum Gasteiger partial charge on any atom is 0.471 e. The topological polar surface area (TPSA) is 105 Å². The van der Waals surface area contributed by atoms with Gasteiger partial charge in [0.25, 0.3) is 5.91 Å². The van der Waals surface area contributed by atoms with E-state index < -0.39 is 29.9 Å². The molecule has 0 aliphatic heterocycles. The molecule has 1 aromatic heterocycles. The van der Waals surface area contributed by atoms with Crippen LogP contribution >= 0.6 is 0 Å². The first-order valence-electron chi connectivity index (χ1n) is 7.74. The number of rotatable bonds is 7. The lowest BCUT2D eigenvalue weighted by atomic mass is 10.0. The molecule has 2 N–H and O–H groups in total. The summed E-state index contributed by atoms with van der Waals surface area (Å²) >= 11 is 0. The highest BCUT2D eigenvalue weighted by atomic mass is 19.4. The molecule has 1 atom stereocenters. The summed E-state index contributed by atoms with van der Waals surface area (Å²) in [5.74, 6) is -3.85. The molecule has 0 saturated carbocycles. The number of amides is 1. The Balaban J connectivity index is 2.03. The van der Waals surface area contributed by atoms with Gasteiger partial charge in [-0.1, -0.05) is 30.6 Å². The highest BCUT2D eigenvalue weighted by Crippen LogP contribution is 2.29. The number of carboxylic acid groups (broad SMARTS) is 1. The predicted molar refractivity (Wildman–Crippen MR) is 83.1 cm³/mol. The fraction of sp³-hybridized carbons (Fsp3) is 0.375. The van der Waals surface area contributed by atoms with Crippen LogP contribution in [0.25, 0.3) is 11.4 Å². The fourth-order valence-electron chi connectivity index (χ4n) is 2.21. The lowest BCUT2D eigenvalue weighted by Gasteiger charge is -2.12. The quantitative estimate of drug-likeness (QED) is 0.775. The average Bonchev–Trinajstić information content (AvgIpc) is 3.08. The summed E-state index contributed by atoms with van der Waals surface area (Å²) < 4.78 is 41.5. The van der Waals surface area contributed by atoms with Crippen molar-refractivity contribution in [3.05, 3.63) is 35.7 Å². The number of aliphatic carboxylic acids is 1. The van der Waals surface area contributed by atoms with E-state index in [2.05, 4.69) is 20.0 Å². The Labute approximate surface area is 146 Å². The van der Waals surface area contributed by atoms with Gasteiger partial charge >= 0.3 is 18.0 Å². The molecule has 0 saturated heterocycles. The summed E-state index contributed by atoms with van der Waals surface area (Å²) in [7, 11) is 0. The van der Waals surface area contributed by atoms with E-state index in [9.17, 15) is 22.8 Å². The first-order chi connectivity index (χ1) is 12.2. The number of aromatic nitrogens is 2. The van der Waals surface area contributed by atoms with Crippen LogP contribution in [0, 0.1) is 5.92 Å². The molecule has 0 radical (unpaired) electrons. The van der Waals surface area contributed by atoms with Crippen molar-refractivity contribution >= 4 is 11.9 Å². The van der Waals surface area contributed by atoms with Gasteiger partial charge in [0.15, 0.2) is 0 Å². The largest absolute Gasteiger partial charge is 0.481 e. The van der Waals surface area contributed by atoms with Crippen molar-refractivity contribution in [2.45, 2.75) is 25.9 Å². The molecule has 0 aliphatic carbocycles. The second-order valence-electron chi connectivity index (χ2n) is 5.53. The van der Waals surface area contributed by atoms with Gasteiger partial charge in [0.05, 0.1) is 5.92 Å². The molecular formula is C16H16F3N3O4. The Kier molecular flexibility index (Phi) is 5.96. The van der Waals surface area contributed by atoms with Gasteiger partial charge in [-0.15, -0.1) is 0 Å². The SMILES string of the molecule is CCCC(CNC(=O)c1ccc(-c2noc(C(F)(F)F)n2)cc1)C(=O)O. The number of benzene rings is 1. The smallest absolute Gasteiger partial charge is 0.471 e. The van der Waals surface area contributed by atoms with Gasteiger partial charge in [-0.3, -0.25) is 9.59 Å². The summed E-state index contributed by atoms with van der Waals surface area (Å²) in [6, 6.07) is 5.51. The Bertz CT molecular complexity index is 772. The zero-order chi connectivity index (χ0) is 19.3. The third-order valence-electron chi connectivity index (χ3n) is 3.57. The van der Waals surface area contributed by atoms with Crippen LogP contribution in [0.5, 0.6) is 0 Å². The lowest BCUT2D eigenvalue weighted by molar-refractivity contribution is -0.159. The normalized spacial score (nSPS) is 12.6. The molecule has 0 spiro atoms. The van der Waals surface area contributed by atoms with Gasteiger partial charge in [-0.2, -0.15) is 18.2 Å².